The average molecular weight is 277 g/mol. The second-order valence-electron chi connectivity index (χ2n) is 5.95. The maximum atomic E-state index is 6.02. The first kappa shape index (κ1) is 13.6. The number of hydrogen-bond donors (Lipinski definition) is 0. The number of nitrogens with zero attached hydrogens (tertiary/aromatic N) is 1. The molecule has 0 fully saturated rings. The van der Waals surface area contributed by atoms with Crippen LogP contribution >= 0.6 is 0 Å². The monoisotopic (exact) mass is 277 g/mol. The van der Waals surface area contributed by atoms with Crippen molar-refractivity contribution in [3.63, 3.8) is 0 Å². The molecule has 106 valence electrons. The number of para-hydroxylation sites is 1. The quantitative estimate of drug-likeness (QED) is 0.472. The molecular weight excluding hydrogens is 258 g/mol. The molecule has 2 nitrogen and oxygen atoms in total. The van der Waals surface area contributed by atoms with E-state index in [-0.39, 0.29) is 5.54 Å². The van der Waals surface area contributed by atoms with E-state index in [1.165, 1.54) is 5.56 Å². The molecular formula is C19H19NO. The largest absolute Gasteiger partial charge is 0.455 e. The lowest BCUT2D eigenvalue weighted by molar-refractivity contribution is 0.660. The zero-order valence-electron chi connectivity index (χ0n) is 12.7. The molecule has 2 aromatic carbocycles. The molecule has 21 heavy (non-hydrogen) atoms. The molecule has 0 bridgehead atoms. The van der Waals surface area contributed by atoms with Gasteiger partial charge in [-0.1, -0.05) is 24.3 Å². The van der Waals surface area contributed by atoms with E-state index in [2.05, 4.69) is 36.7 Å². The molecule has 2 heteroatoms. The van der Waals surface area contributed by atoms with Gasteiger partial charge in [-0.15, -0.1) is 6.58 Å². The Morgan fingerprint density at radius 1 is 1.14 bits per heavy atom. The van der Waals surface area contributed by atoms with Gasteiger partial charge in [0.1, 0.15) is 11.2 Å². The lowest BCUT2D eigenvalue weighted by Crippen LogP contribution is -2.11. The first-order valence-electron chi connectivity index (χ1n) is 7.11. The van der Waals surface area contributed by atoms with E-state index in [0.29, 0.717) is 0 Å². The Balaban J connectivity index is 2.25. The van der Waals surface area contributed by atoms with E-state index >= 15 is 0 Å². The van der Waals surface area contributed by atoms with E-state index in [4.69, 9.17) is 4.42 Å². The van der Waals surface area contributed by atoms with E-state index in [1.807, 2.05) is 44.3 Å². The second kappa shape index (κ2) is 4.88. The molecule has 1 aromatic heterocycles. The first-order valence-corrected chi connectivity index (χ1v) is 7.11. The van der Waals surface area contributed by atoms with Gasteiger partial charge in [-0.3, -0.25) is 4.99 Å². The SMILES string of the molecule is C=CC(C)(C)/N=C/c1cc(C)cc2c1oc1ccccc12. The highest BCUT2D eigenvalue weighted by molar-refractivity contribution is 6.10. The number of rotatable bonds is 3. The van der Waals surface area contributed by atoms with Gasteiger partial charge in [0.15, 0.2) is 0 Å². The fraction of sp³-hybridized carbons (Fsp3) is 0.211. The number of furan rings is 1. The van der Waals surface area contributed by atoms with E-state index in [0.717, 1.165) is 27.5 Å². The Labute approximate surface area is 124 Å². The van der Waals surface area contributed by atoms with Crippen LogP contribution in [0.5, 0.6) is 0 Å². The third kappa shape index (κ3) is 2.49. The molecule has 0 spiro atoms. The van der Waals surface area contributed by atoms with Gasteiger partial charge in [-0.05, 0) is 44.5 Å². The third-order valence-corrected chi connectivity index (χ3v) is 3.69. The van der Waals surface area contributed by atoms with Crippen molar-refractivity contribution in [3.8, 4) is 0 Å². The molecule has 0 aliphatic carbocycles. The molecule has 0 radical (unpaired) electrons. The van der Waals surface area contributed by atoms with Crippen molar-refractivity contribution in [1.29, 1.82) is 0 Å². The third-order valence-electron chi connectivity index (χ3n) is 3.69. The lowest BCUT2D eigenvalue weighted by atomic mass is 10.0. The van der Waals surface area contributed by atoms with Crippen LogP contribution < -0.4 is 0 Å². The molecule has 0 saturated heterocycles. The maximum Gasteiger partial charge on any atom is 0.144 e. The van der Waals surface area contributed by atoms with Crippen molar-refractivity contribution in [2.45, 2.75) is 26.3 Å². The highest BCUT2D eigenvalue weighted by Gasteiger charge is 2.12. The van der Waals surface area contributed by atoms with Gasteiger partial charge in [-0.25, -0.2) is 0 Å². The summed E-state index contributed by atoms with van der Waals surface area (Å²) in [5.74, 6) is 0. The zero-order chi connectivity index (χ0) is 15.0. The summed E-state index contributed by atoms with van der Waals surface area (Å²) < 4.78 is 6.02. The molecule has 0 amide bonds. The minimum Gasteiger partial charge on any atom is -0.455 e. The van der Waals surface area contributed by atoms with Crippen LogP contribution in [0.2, 0.25) is 0 Å². The first-order chi connectivity index (χ1) is 10.00. The van der Waals surface area contributed by atoms with Crippen LogP contribution in [-0.2, 0) is 0 Å². The standard InChI is InChI=1S/C19H19NO/c1-5-19(3,4)20-12-14-10-13(2)11-16-15-8-6-7-9-17(15)21-18(14)16/h5-12H,1H2,2-4H3/b20-12+. The fourth-order valence-electron chi connectivity index (χ4n) is 2.39. The molecule has 0 aliphatic heterocycles. The van der Waals surface area contributed by atoms with Crippen LogP contribution in [0.1, 0.15) is 25.0 Å². The van der Waals surface area contributed by atoms with Crippen molar-refractivity contribution >= 4 is 28.2 Å². The Hall–Kier alpha value is -2.35. The molecule has 0 aliphatic rings. The van der Waals surface area contributed by atoms with Crippen molar-refractivity contribution in [1.82, 2.24) is 0 Å². The smallest absolute Gasteiger partial charge is 0.144 e. The number of aryl methyl sites for hydroxylation is 1. The van der Waals surface area contributed by atoms with Gasteiger partial charge in [0, 0.05) is 22.6 Å². The van der Waals surface area contributed by atoms with E-state index in [1.54, 1.807) is 0 Å². The average Bonchev–Trinajstić information content (AvgIpc) is 2.84. The Kier molecular flexibility index (Phi) is 3.17. The van der Waals surface area contributed by atoms with Gasteiger partial charge >= 0.3 is 0 Å². The Morgan fingerprint density at radius 2 is 1.90 bits per heavy atom. The number of aliphatic imine (C=N–C) groups is 1. The maximum absolute atomic E-state index is 6.02. The number of fused-ring (bicyclic) bond motifs is 3. The van der Waals surface area contributed by atoms with Crippen LogP contribution in [0.3, 0.4) is 0 Å². The molecule has 0 atom stereocenters. The lowest BCUT2D eigenvalue weighted by Gasteiger charge is -2.12. The molecule has 0 unspecified atom stereocenters. The van der Waals surface area contributed by atoms with Gasteiger partial charge in [0.2, 0.25) is 0 Å². The van der Waals surface area contributed by atoms with Crippen LogP contribution in [0.25, 0.3) is 21.9 Å². The topological polar surface area (TPSA) is 25.5 Å². The van der Waals surface area contributed by atoms with Crippen molar-refractivity contribution in [2.75, 3.05) is 0 Å². The number of benzene rings is 2. The summed E-state index contributed by atoms with van der Waals surface area (Å²) in [7, 11) is 0. The molecule has 3 rings (SSSR count). The fourth-order valence-corrected chi connectivity index (χ4v) is 2.39. The highest BCUT2D eigenvalue weighted by Crippen LogP contribution is 2.31. The summed E-state index contributed by atoms with van der Waals surface area (Å²) in [6, 6.07) is 12.4. The normalized spacial score (nSPS) is 12.5. The molecule has 3 aromatic rings. The van der Waals surface area contributed by atoms with Crippen molar-refractivity contribution in [2.24, 2.45) is 4.99 Å². The summed E-state index contributed by atoms with van der Waals surface area (Å²) >= 11 is 0. The van der Waals surface area contributed by atoms with Gasteiger partial charge in [0.05, 0.1) is 5.54 Å². The minimum atomic E-state index is -0.276. The van der Waals surface area contributed by atoms with Gasteiger partial charge < -0.3 is 4.42 Å². The summed E-state index contributed by atoms with van der Waals surface area (Å²) in [6.45, 7) is 9.98. The van der Waals surface area contributed by atoms with Crippen LogP contribution in [0.15, 0.2) is 58.5 Å². The second-order valence-corrected chi connectivity index (χ2v) is 5.95. The molecule has 0 saturated carbocycles. The van der Waals surface area contributed by atoms with Crippen LogP contribution in [0, 0.1) is 6.92 Å². The molecule has 1 heterocycles. The predicted molar refractivity (Wildman–Crippen MR) is 90.3 cm³/mol. The van der Waals surface area contributed by atoms with Crippen molar-refractivity contribution < 1.29 is 4.42 Å². The van der Waals surface area contributed by atoms with Crippen LogP contribution in [0.4, 0.5) is 0 Å². The van der Waals surface area contributed by atoms with E-state index < -0.39 is 0 Å². The van der Waals surface area contributed by atoms with Gasteiger partial charge in [0.25, 0.3) is 0 Å². The highest BCUT2D eigenvalue weighted by atomic mass is 16.3. The summed E-state index contributed by atoms with van der Waals surface area (Å²) in [5, 5.41) is 2.29. The summed E-state index contributed by atoms with van der Waals surface area (Å²) in [6.07, 6.45) is 3.73. The Morgan fingerprint density at radius 3 is 2.67 bits per heavy atom. The Bertz CT molecular complexity index is 853. The van der Waals surface area contributed by atoms with Gasteiger partial charge in [-0.2, -0.15) is 0 Å². The van der Waals surface area contributed by atoms with Crippen LogP contribution in [-0.4, -0.2) is 11.8 Å². The molecule has 0 N–H and O–H groups in total. The number of hydrogen-bond acceptors (Lipinski definition) is 2. The predicted octanol–water partition coefficient (Wildman–Crippen LogP) is 5.28. The van der Waals surface area contributed by atoms with E-state index in [9.17, 15) is 0 Å². The minimum absolute atomic E-state index is 0.276. The zero-order valence-corrected chi connectivity index (χ0v) is 12.7. The van der Waals surface area contributed by atoms with Crippen molar-refractivity contribution in [3.05, 3.63) is 60.2 Å². The summed E-state index contributed by atoms with van der Waals surface area (Å²) in [5.41, 5.74) is 3.74. The summed E-state index contributed by atoms with van der Waals surface area (Å²) in [4.78, 5) is 4.60.